The summed E-state index contributed by atoms with van der Waals surface area (Å²) < 4.78 is 27.6. The Labute approximate surface area is 106 Å². The van der Waals surface area contributed by atoms with Crippen LogP contribution in [0.3, 0.4) is 0 Å². The summed E-state index contributed by atoms with van der Waals surface area (Å²) in [6.07, 6.45) is -0.783. The average molecular weight is 267 g/mol. The minimum atomic E-state index is -4.21. The third-order valence-electron chi connectivity index (χ3n) is 2.00. The molecule has 0 heterocycles. The van der Waals surface area contributed by atoms with Crippen molar-refractivity contribution in [2.75, 3.05) is 0 Å². The molecule has 0 atom stereocenters. The normalized spacial score (nSPS) is 10.3. The van der Waals surface area contributed by atoms with Crippen molar-refractivity contribution in [3.63, 3.8) is 0 Å². The van der Waals surface area contributed by atoms with E-state index in [9.17, 15) is 13.2 Å². The van der Waals surface area contributed by atoms with Crippen LogP contribution in [0.15, 0.2) is 23.1 Å². The molecule has 0 aliphatic carbocycles. The van der Waals surface area contributed by atoms with Crippen LogP contribution < -0.4 is 5.73 Å². The second-order valence-corrected chi connectivity index (χ2v) is 5.03. The van der Waals surface area contributed by atoms with E-state index in [0.717, 1.165) is 5.56 Å². The van der Waals surface area contributed by atoms with Gasteiger partial charge in [0.15, 0.2) is 0 Å². The van der Waals surface area contributed by atoms with Gasteiger partial charge in [-0.1, -0.05) is 24.8 Å². The summed E-state index contributed by atoms with van der Waals surface area (Å²) in [5.41, 5.74) is 5.86. The van der Waals surface area contributed by atoms with Gasteiger partial charge in [-0.2, -0.15) is 8.42 Å². The quantitative estimate of drug-likeness (QED) is 0.650. The standard InChI is InChI=1S/C12H13NO4S/c1-3-4-5-10-8-9(2)6-7-11(10)18(15,16)17-12(13)14/h6-8H,3H2,1-2H3,(H2,13,14). The van der Waals surface area contributed by atoms with E-state index in [1.165, 1.54) is 6.07 Å². The Hall–Kier alpha value is -2.00. The van der Waals surface area contributed by atoms with E-state index >= 15 is 0 Å². The van der Waals surface area contributed by atoms with Gasteiger partial charge in [0.25, 0.3) is 0 Å². The van der Waals surface area contributed by atoms with Crippen molar-refractivity contribution in [3.05, 3.63) is 29.3 Å². The average Bonchev–Trinajstić information content (AvgIpc) is 2.24. The van der Waals surface area contributed by atoms with Crippen molar-refractivity contribution in [1.82, 2.24) is 0 Å². The predicted molar refractivity (Wildman–Crippen MR) is 66.2 cm³/mol. The first-order chi connectivity index (χ1) is 8.36. The number of hydrogen-bond donors (Lipinski definition) is 1. The second kappa shape index (κ2) is 5.56. The van der Waals surface area contributed by atoms with E-state index < -0.39 is 16.2 Å². The maximum absolute atomic E-state index is 11.7. The topological polar surface area (TPSA) is 86.5 Å². The number of hydrogen-bond acceptors (Lipinski definition) is 4. The van der Waals surface area contributed by atoms with Crippen LogP contribution in [-0.4, -0.2) is 14.5 Å². The van der Waals surface area contributed by atoms with Crippen LogP contribution >= 0.6 is 0 Å². The van der Waals surface area contributed by atoms with Gasteiger partial charge < -0.3 is 9.92 Å². The van der Waals surface area contributed by atoms with Gasteiger partial charge in [-0.3, -0.25) is 0 Å². The Morgan fingerprint density at radius 2 is 2.11 bits per heavy atom. The minimum absolute atomic E-state index is 0.159. The van der Waals surface area contributed by atoms with Crippen molar-refractivity contribution in [2.45, 2.75) is 25.2 Å². The summed E-state index contributed by atoms with van der Waals surface area (Å²) >= 11 is 0. The van der Waals surface area contributed by atoms with Gasteiger partial charge in [0.05, 0.1) is 0 Å². The van der Waals surface area contributed by atoms with Crippen LogP contribution in [0, 0.1) is 18.8 Å². The van der Waals surface area contributed by atoms with Crippen molar-refractivity contribution >= 4 is 16.2 Å². The molecule has 1 aromatic carbocycles. The highest BCUT2D eigenvalue weighted by Gasteiger charge is 2.21. The number of rotatable bonds is 2. The molecule has 0 bridgehead atoms. The van der Waals surface area contributed by atoms with Crippen LogP contribution in [-0.2, 0) is 14.3 Å². The molecule has 18 heavy (non-hydrogen) atoms. The number of primary amides is 1. The molecule has 5 nitrogen and oxygen atoms in total. The zero-order valence-corrected chi connectivity index (χ0v) is 10.9. The van der Waals surface area contributed by atoms with Gasteiger partial charge in [-0.25, -0.2) is 4.79 Å². The Morgan fingerprint density at radius 1 is 1.44 bits per heavy atom. The fraction of sp³-hybridized carbons (Fsp3) is 0.250. The lowest BCUT2D eigenvalue weighted by molar-refractivity contribution is 0.212. The molecule has 2 N–H and O–H groups in total. The summed E-state index contributed by atoms with van der Waals surface area (Å²) in [7, 11) is -4.21. The van der Waals surface area contributed by atoms with Crippen LogP contribution in [0.4, 0.5) is 4.79 Å². The van der Waals surface area contributed by atoms with Crippen LogP contribution in [0.1, 0.15) is 24.5 Å². The molecule has 0 unspecified atom stereocenters. The van der Waals surface area contributed by atoms with Crippen molar-refractivity contribution < 1.29 is 17.4 Å². The highest BCUT2D eigenvalue weighted by atomic mass is 32.2. The van der Waals surface area contributed by atoms with E-state index in [-0.39, 0.29) is 10.5 Å². The Morgan fingerprint density at radius 3 is 2.67 bits per heavy atom. The van der Waals surface area contributed by atoms with E-state index in [1.807, 2.05) is 13.8 Å². The fourth-order valence-corrected chi connectivity index (χ4v) is 2.22. The first-order valence-electron chi connectivity index (χ1n) is 5.20. The highest BCUT2D eigenvalue weighted by molar-refractivity contribution is 7.87. The number of aryl methyl sites for hydroxylation is 1. The largest absolute Gasteiger partial charge is 0.420 e. The predicted octanol–water partition coefficient (Wildman–Crippen LogP) is 1.54. The molecule has 0 saturated heterocycles. The van der Waals surface area contributed by atoms with Crippen LogP contribution in [0.25, 0.3) is 0 Å². The SMILES string of the molecule is CCC#Cc1cc(C)ccc1S(=O)(=O)OC(N)=O. The molecule has 96 valence electrons. The molecule has 0 aliphatic heterocycles. The molecule has 1 aromatic rings. The van der Waals surface area contributed by atoms with Crippen LogP contribution in [0.2, 0.25) is 0 Å². The van der Waals surface area contributed by atoms with E-state index in [0.29, 0.717) is 6.42 Å². The third kappa shape index (κ3) is 3.50. The summed E-state index contributed by atoms with van der Waals surface area (Å²) in [6.45, 7) is 3.65. The molecule has 0 spiro atoms. The first kappa shape index (κ1) is 14.1. The molecular formula is C12H13NO4S. The summed E-state index contributed by atoms with van der Waals surface area (Å²) in [6, 6.07) is 4.54. The molecule has 0 aromatic heterocycles. The van der Waals surface area contributed by atoms with E-state index in [1.54, 1.807) is 12.1 Å². The monoisotopic (exact) mass is 267 g/mol. The van der Waals surface area contributed by atoms with Gasteiger partial charge in [0, 0.05) is 12.0 Å². The number of carbonyl (C=O) groups excluding carboxylic acids is 1. The number of benzene rings is 1. The zero-order chi connectivity index (χ0) is 13.8. The van der Waals surface area contributed by atoms with Gasteiger partial charge in [0.2, 0.25) is 0 Å². The van der Waals surface area contributed by atoms with Crippen molar-refractivity contribution in [3.8, 4) is 11.8 Å². The molecule has 0 aliphatic rings. The zero-order valence-electron chi connectivity index (χ0n) is 10.1. The lowest BCUT2D eigenvalue weighted by Gasteiger charge is -2.06. The molecule has 0 fully saturated rings. The van der Waals surface area contributed by atoms with E-state index in [2.05, 4.69) is 16.0 Å². The minimum Gasteiger partial charge on any atom is -0.334 e. The second-order valence-electron chi connectivity index (χ2n) is 3.51. The molecule has 6 heteroatoms. The smallest absolute Gasteiger partial charge is 0.334 e. The van der Waals surface area contributed by atoms with Gasteiger partial charge in [-0.05, 0) is 24.6 Å². The van der Waals surface area contributed by atoms with Gasteiger partial charge in [0.1, 0.15) is 4.90 Å². The van der Waals surface area contributed by atoms with Gasteiger partial charge >= 0.3 is 16.2 Å². The molecule has 1 amide bonds. The number of amides is 1. The fourth-order valence-electron chi connectivity index (χ4n) is 1.30. The summed E-state index contributed by atoms with van der Waals surface area (Å²) in [4.78, 5) is 10.4. The maximum atomic E-state index is 11.7. The Balaban J connectivity index is 3.36. The van der Waals surface area contributed by atoms with E-state index in [4.69, 9.17) is 5.73 Å². The Kier molecular flexibility index (Phi) is 4.34. The van der Waals surface area contributed by atoms with Crippen LogP contribution in [0.5, 0.6) is 0 Å². The molecule has 1 rings (SSSR count). The highest BCUT2D eigenvalue weighted by Crippen LogP contribution is 2.19. The maximum Gasteiger partial charge on any atom is 0.420 e. The summed E-state index contributed by atoms with van der Waals surface area (Å²) in [5.74, 6) is 5.49. The number of carbonyl (C=O) groups is 1. The molecular weight excluding hydrogens is 254 g/mol. The lowest BCUT2D eigenvalue weighted by atomic mass is 10.1. The summed E-state index contributed by atoms with van der Waals surface area (Å²) in [5, 5.41) is 0. The molecule has 0 saturated carbocycles. The third-order valence-corrected chi connectivity index (χ3v) is 3.27. The van der Waals surface area contributed by atoms with Gasteiger partial charge in [-0.15, -0.1) is 0 Å². The van der Waals surface area contributed by atoms with Crippen molar-refractivity contribution in [1.29, 1.82) is 0 Å². The first-order valence-corrected chi connectivity index (χ1v) is 6.61. The molecule has 0 radical (unpaired) electrons. The Bertz CT molecular complexity index is 623. The lowest BCUT2D eigenvalue weighted by Crippen LogP contribution is -2.19. The van der Waals surface area contributed by atoms with Crippen molar-refractivity contribution in [2.24, 2.45) is 5.73 Å². The number of nitrogens with two attached hydrogens (primary N) is 1.